The van der Waals surface area contributed by atoms with E-state index in [1.807, 2.05) is 6.92 Å². The second kappa shape index (κ2) is 12.6. The van der Waals surface area contributed by atoms with Gasteiger partial charge in [0.2, 0.25) is 15.9 Å². The molecular formula is C26H33N5O6S. The van der Waals surface area contributed by atoms with E-state index in [9.17, 15) is 22.8 Å². The molecule has 0 aromatic heterocycles. The van der Waals surface area contributed by atoms with Crippen molar-refractivity contribution in [1.82, 2.24) is 20.7 Å². The number of ether oxygens (including phenoxy) is 1. The van der Waals surface area contributed by atoms with E-state index in [1.54, 1.807) is 36.4 Å². The smallest absolute Gasteiger partial charge is 0.332 e. The molecule has 2 aliphatic rings. The van der Waals surface area contributed by atoms with Crippen molar-refractivity contribution in [3.8, 4) is 0 Å². The topological polar surface area (TPSA) is 155 Å². The van der Waals surface area contributed by atoms with Crippen molar-refractivity contribution in [2.45, 2.75) is 49.2 Å². The molecule has 5 N–H and O–H groups in total. The fourth-order valence-electron chi connectivity index (χ4n) is 4.30. The van der Waals surface area contributed by atoms with E-state index >= 15 is 0 Å². The lowest BCUT2D eigenvalue weighted by Gasteiger charge is -2.23. The van der Waals surface area contributed by atoms with Crippen molar-refractivity contribution in [3.05, 3.63) is 59.7 Å². The predicted octanol–water partition coefficient (Wildman–Crippen LogP) is 0.206. The van der Waals surface area contributed by atoms with Crippen LogP contribution >= 0.6 is 0 Å². The van der Waals surface area contributed by atoms with Gasteiger partial charge in [-0.05, 0) is 62.6 Å². The largest absolute Gasteiger partial charge is 0.391 e. The van der Waals surface area contributed by atoms with E-state index in [-0.39, 0.29) is 23.3 Å². The number of hydrogen-bond donors (Lipinski definition) is 5. The number of amides is 1. The van der Waals surface area contributed by atoms with Gasteiger partial charge in [-0.3, -0.25) is 4.79 Å². The number of benzene rings is 2. The fraction of sp³-hybridized carbons (Fsp3) is 0.423. The van der Waals surface area contributed by atoms with E-state index in [4.69, 9.17) is 4.74 Å². The normalized spacial score (nSPS) is 20.4. The molecule has 0 spiro atoms. The molecule has 12 heteroatoms. The van der Waals surface area contributed by atoms with E-state index < -0.39 is 34.0 Å². The molecule has 3 atom stereocenters. The number of esters is 2. The molecule has 2 saturated heterocycles. The maximum Gasteiger partial charge on any atom is 0.332 e. The number of nitrogens with one attached hydrogen (secondary N) is 5. The molecule has 38 heavy (non-hydrogen) atoms. The average molecular weight is 544 g/mol. The molecule has 2 fully saturated rings. The van der Waals surface area contributed by atoms with Crippen molar-refractivity contribution < 1.29 is 27.5 Å². The van der Waals surface area contributed by atoms with Gasteiger partial charge in [-0.2, -0.15) is 4.72 Å². The zero-order valence-corrected chi connectivity index (χ0v) is 22.0. The number of hydrogen-bond acceptors (Lipinski definition) is 9. The Bertz CT molecular complexity index is 1240. The van der Waals surface area contributed by atoms with Crippen molar-refractivity contribution in [1.29, 1.82) is 0 Å². The number of aryl methyl sites for hydroxylation is 1. The van der Waals surface area contributed by atoms with Crippen LogP contribution in [-0.2, 0) is 35.6 Å². The summed E-state index contributed by atoms with van der Waals surface area (Å²) in [5.41, 5.74) is 2.06. The van der Waals surface area contributed by atoms with Crippen molar-refractivity contribution >= 4 is 33.6 Å². The van der Waals surface area contributed by atoms with Crippen LogP contribution in [0.25, 0.3) is 0 Å². The minimum absolute atomic E-state index is 0.00596. The molecule has 2 aromatic rings. The third-order valence-corrected chi connectivity index (χ3v) is 7.97. The van der Waals surface area contributed by atoms with E-state index in [2.05, 4.69) is 26.0 Å². The Hall–Kier alpha value is -3.16. The van der Waals surface area contributed by atoms with Gasteiger partial charge in [0, 0.05) is 25.3 Å². The zero-order chi connectivity index (χ0) is 27.1. The molecule has 2 heterocycles. The summed E-state index contributed by atoms with van der Waals surface area (Å²) in [5.74, 6) is -1.88. The highest BCUT2D eigenvalue weighted by Gasteiger charge is 2.32. The molecule has 2 aliphatic heterocycles. The summed E-state index contributed by atoms with van der Waals surface area (Å²) < 4.78 is 33.6. The van der Waals surface area contributed by atoms with Gasteiger partial charge in [-0.1, -0.05) is 29.8 Å². The third kappa shape index (κ3) is 7.45. The highest BCUT2D eigenvalue weighted by molar-refractivity contribution is 7.89. The van der Waals surface area contributed by atoms with E-state index in [0.717, 1.165) is 18.5 Å². The summed E-state index contributed by atoms with van der Waals surface area (Å²) in [6, 6.07) is 10.6. The summed E-state index contributed by atoms with van der Waals surface area (Å²) in [6.45, 7) is 4.52. The molecule has 204 valence electrons. The van der Waals surface area contributed by atoms with E-state index in [1.165, 1.54) is 12.1 Å². The number of piperazine rings is 1. The van der Waals surface area contributed by atoms with Crippen molar-refractivity contribution in [3.63, 3.8) is 0 Å². The summed E-state index contributed by atoms with van der Waals surface area (Å²) in [6.07, 6.45) is 1.27. The first kappa shape index (κ1) is 27.9. The zero-order valence-electron chi connectivity index (χ0n) is 21.2. The van der Waals surface area contributed by atoms with Crippen LogP contribution in [0.3, 0.4) is 0 Å². The van der Waals surface area contributed by atoms with E-state index in [0.29, 0.717) is 37.3 Å². The van der Waals surface area contributed by atoms with Crippen LogP contribution in [0.15, 0.2) is 53.4 Å². The van der Waals surface area contributed by atoms with Gasteiger partial charge in [0.05, 0.1) is 10.9 Å². The number of carbonyl (C=O) groups is 3. The molecule has 11 nitrogen and oxygen atoms in total. The Morgan fingerprint density at radius 1 is 0.974 bits per heavy atom. The summed E-state index contributed by atoms with van der Waals surface area (Å²) >= 11 is 0. The molecule has 0 saturated carbocycles. The Labute approximate surface area is 222 Å². The van der Waals surface area contributed by atoms with Gasteiger partial charge in [0.25, 0.3) is 0 Å². The first-order valence-electron chi connectivity index (χ1n) is 12.6. The SMILES string of the molecule is Cc1ccc(S(=O)(=O)N[C@@H](Cc2ccc(NC(=O)C3CNCCN3)cc2)C(=O)OC(=O)[C@@H]2CCCN2)cc1. The fourth-order valence-corrected chi connectivity index (χ4v) is 5.49. The van der Waals surface area contributed by atoms with Gasteiger partial charge < -0.3 is 26.0 Å². The third-order valence-electron chi connectivity index (χ3n) is 6.48. The number of carbonyl (C=O) groups excluding carboxylic acids is 3. The molecular weight excluding hydrogens is 510 g/mol. The maximum atomic E-state index is 13.0. The van der Waals surface area contributed by atoms with Gasteiger partial charge in [0.15, 0.2) is 0 Å². The van der Waals surface area contributed by atoms with Crippen LogP contribution in [0.2, 0.25) is 0 Å². The summed E-state index contributed by atoms with van der Waals surface area (Å²) in [7, 11) is -4.08. The predicted molar refractivity (Wildman–Crippen MR) is 141 cm³/mol. The first-order valence-corrected chi connectivity index (χ1v) is 14.1. The van der Waals surface area contributed by atoms with Crippen LogP contribution in [0, 0.1) is 6.92 Å². The maximum absolute atomic E-state index is 13.0. The Kier molecular flexibility index (Phi) is 9.23. The molecule has 0 radical (unpaired) electrons. The van der Waals surface area contributed by atoms with Gasteiger partial charge in [-0.15, -0.1) is 0 Å². The van der Waals surface area contributed by atoms with Crippen LogP contribution in [0.4, 0.5) is 5.69 Å². The number of rotatable bonds is 9. The van der Waals surface area contributed by atoms with Gasteiger partial charge in [-0.25, -0.2) is 18.0 Å². The second-order valence-corrected chi connectivity index (χ2v) is 11.2. The van der Waals surface area contributed by atoms with Gasteiger partial charge in [0.1, 0.15) is 12.1 Å². The standard InChI is InChI=1S/C26H33N5O6S/c1-17-4-10-20(11-5-17)38(35,36)31-22(26(34)37-25(33)21-3-2-12-28-21)15-18-6-8-19(9-7-18)30-24(32)23-16-27-13-14-29-23/h4-11,21-23,27-29,31H,2-3,12-16H2,1H3,(H,30,32)/t21-,22-,23?/m0/s1. The quantitative estimate of drug-likeness (QED) is 0.220. The highest BCUT2D eigenvalue weighted by Crippen LogP contribution is 2.16. The molecule has 1 amide bonds. The Balaban J connectivity index is 1.47. The molecule has 0 aliphatic carbocycles. The van der Waals surface area contributed by atoms with Crippen LogP contribution < -0.4 is 26.0 Å². The van der Waals surface area contributed by atoms with Crippen molar-refractivity contribution in [2.24, 2.45) is 0 Å². The summed E-state index contributed by atoms with van der Waals surface area (Å²) in [5, 5.41) is 12.1. The first-order chi connectivity index (χ1) is 18.2. The van der Waals surface area contributed by atoms with Crippen LogP contribution in [-0.4, -0.2) is 70.6 Å². The second-order valence-electron chi connectivity index (χ2n) is 9.48. The Morgan fingerprint density at radius 2 is 1.68 bits per heavy atom. The summed E-state index contributed by atoms with van der Waals surface area (Å²) in [4.78, 5) is 37.9. The monoisotopic (exact) mass is 543 g/mol. The molecule has 0 bridgehead atoms. The lowest BCUT2D eigenvalue weighted by atomic mass is 10.1. The minimum Gasteiger partial charge on any atom is -0.391 e. The van der Waals surface area contributed by atoms with Crippen LogP contribution in [0.1, 0.15) is 24.0 Å². The Morgan fingerprint density at radius 3 is 2.32 bits per heavy atom. The highest BCUT2D eigenvalue weighted by atomic mass is 32.2. The molecule has 4 rings (SSSR count). The lowest BCUT2D eigenvalue weighted by Crippen LogP contribution is -2.54. The number of anilines is 1. The molecule has 2 aromatic carbocycles. The average Bonchev–Trinajstić information content (AvgIpc) is 3.45. The van der Waals surface area contributed by atoms with Crippen molar-refractivity contribution in [2.75, 3.05) is 31.5 Å². The van der Waals surface area contributed by atoms with Gasteiger partial charge >= 0.3 is 11.9 Å². The number of sulfonamides is 1. The lowest BCUT2D eigenvalue weighted by molar-refractivity contribution is -0.162. The molecule has 1 unspecified atom stereocenters. The van der Waals surface area contributed by atoms with Crippen LogP contribution in [0.5, 0.6) is 0 Å². The minimum atomic E-state index is -4.08.